The molecule has 0 aliphatic heterocycles. The first kappa shape index (κ1) is 36.7. The summed E-state index contributed by atoms with van der Waals surface area (Å²) in [4.78, 5) is 58.0. The zero-order chi connectivity index (χ0) is 35.7. The summed E-state index contributed by atoms with van der Waals surface area (Å²) < 4.78 is 38.4. The van der Waals surface area contributed by atoms with Crippen LogP contribution in [0.5, 0.6) is 11.6 Å². The molecule has 4 rings (SSSR count). The maximum absolute atomic E-state index is 14.1. The first-order valence-electron chi connectivity index (χ1n) is 15.4. The SMILES string of the molecule is C=C[C@@H]1C[C@]1(NC(=O)[C@@H](NC(=O)[C@@H](NC(=O)OC(C)(C)C)C(C)(C)C)c1ccc(Oc2cccc(Cl)n2)cc1)C(=O)NS(=O)(=O)C1CC1. The number of nitrogens with zero attached hydrogens (tertiary/aromatic N) is 1. The highest BCUT2D eigenvalue weighted by atomic mass is 35.5. The molecule has 2 fully saturated rings. The number of alkyl carbamates (subject to hydrolysis) is 1. The first-order chi connectivity index (χ1) is 22.2. The van der Waals surface area contributed by atoms with Crippen molar-refractivity contribution in [3.8, 4) is 11.6 Å². The average Bonchev–Trinajstić information content (AvgIpc) is 3.89. The van der Waals surface area contributed by atoms with Crippen molar-refractivity contribution >= 4 is 45.4 Å². The average molecular weight is 704 g/mol. The minimum absolute atomic E-state index is 0.110. The van der Waals surface area contributed by atoms with Crippen LogP contribution in [0.4, 0.5) is 4.79 Å². The van der Waals surface area contributed by atoms with Gasteiger partial charge in [-0.3, -0.25) is 19.1 Å². The lowest BCUT2D eigenvalue weighted by Crippen LogP contribution is -2.58. The van der Waals surface area contributed by atoms with Crippen molar-refractivity contribution in [3.05, 3.63) is 65.8 Å². The second-order valence-electron chi connectivity index (χ2n) is 14.0. The molecule has 13 nitrogen and oxygen atoms in total. The zero-order valence-corrected chi connectivity index (χ0v) is 29.3. The van der Waals surface area contributed by atoms with Gasteiger partial charge < -0.3 is 25.4 Å². The van der Waals surface area contributed by atoms with Gasteiger partial charge in [0.15, 0.2) is 0 Å². The number of sulfonamides is 1. The van der Waals surface area contributed by atoms with Crippen LogP contribution < -0.4 is 25.4 Å². The second kappa shape index (κ2) is 13.7. The quantitative estimate of drug-likeness (QED) is 0.185. The maximum Gasteiger partial charge on any atom is 0.408 e. The largest absolute Gasteiger partial charge is 0.444 e. The van der Waals surface area contributed by atoms with Gasteiger partial charge in [0.2, 0.25) is 27.7 Å². The molecule has 1 aromatic carbocycles. The van der Waals surface area contributed by atoms with Crippen molar-refractivity contribution < 1.29 is 37.1 Å². The molecular weight excluding hydrogens is 662 g/mol. The van der Waals surface area contributed by atoms with E-state index in [-0.39, 0.29) is 17.5 Å². The Morgan fingerprint density at radius 1 is 1.00 bits per heavy atom. The number of carbonyl (C=O) groups is 4. The molecule has 1 heterocycles. The predicted molar refractivity (Wildman–Crippen MR) is 179 cm³/mol. The number of benzene rings is 1. The Morgan fingerprint density at radius 2 is 1.65 bits per heavy atom. The van der Waals surface area contributed by atoms with Crippen LogP contribution in [0.1, 0.15) is 72.4 Å². The van der Waals surface area contributed by atoms with Gasteiger partial charge in [-0.1, -0.05) is 56.6 Å². The van der Waals surface area contributed by atoms with E-state index >= 15 is 0 Å². The molecule has 48 heavy (non-hydrogen) atoms. The van der Waals surface area contributed by atoms with Crippen molar-refractivity contribution in [1.82, 2.24) is 25.7 Å². The summed E-state index contributed by atoms with van der Waals surface area (Å²) in [7, 11) is -3.91. The number of amides is 4. The molecule has 2 aliphatic carbocycles. The van der Waals surface area contributed by atoms with Crippen molar-refractivity contribution in [1.29, 1.82) is 0 Å². The van der Waals surface area contributed by atoms with E-state index in [1.165, 1.54) is 6.08 Å². The smallest absolute Gasteiger partial charge is 0.408 e. The minimum atomic E-state index is -3.91. The van der Waals surface area contributed by atoms with Gasteiger partial charge in [0.25, 0.3) is 5.91 Å². The standard InChI is InChI=1S/C33H42ClN5O8S/c1-8-20-18-33(20,29(42)39-48(44,45)22-16-17-22)38-27(40)25(19-12-14-21(15-13-19)46-24-11-9-10-23(34)35-24)36-28(41)26(31(2,3)4)37-30(43)47-32(5,6)7/h8-15,20,22,25-26H,1,16-18H2,2-7H3,(H,36,41)(H,37,43)(H,38,40)(H,39,42)/t20-,25+,26-,33-/m1/s1. The van der Waals surface area contributed by atoms with Crippen molar-refractivity contribution in [2.75, 3.05) is 0 Å². The summed E-state index contributed by atoms with van der Waals surface area (Å²) in [5.41, 5.74) is -2.95. The van der Waals surface area contributed by atoms with Crippen LogP contribution in [0.15, 0.2) is 55.1 Å². The molecule has 0 bridgehead atoms. The molecule has 0 spiro atoms. The van der Waals surface area contributed by atoms with E-state index in [1.54, 1.807) is 84.0 Å². The molecule has 4 N–H and O–H groups in total. The van der Waals surface area contributed by atoms with Gasteiger partial charge >= 0.3 is 6.09 Å². The first-order valence-corrected chi connectivity index (χ1v) is 17.4. The van der Waals surface area contributed by atoms with Crippen LogP contribution >= 0.6 is 11.6 Å². The molecule has 2 saturated carbocycles. The lowest BCUT2D eigenvalue weighted by atomic mass is 9.86. The van der Waals surface area contributed by atoms with Gasteiger partial charge in [0.05, 0.1) is 5.25 Å². The van der Waals surface area contributed by atoms with E-state index in [9.17, 15) is 27.6 Å². The summed E-state index contributed by atoms with van der Waals surface area (Å²) in [5.74, 6) is -2.34. The maximum atomic E-state index is 14.1. The van der Waals surface area contributed by atoms with Gasteiger partial charge in [0, 0.05) is 12.0 Å². The number of hydrogen-bond donors (Lipinski definition) is 4. The molecule has 2 aromatic rings. The van der Waals surface area contributed by atoms with Crippen LogP contribution in [0.25, 0.3) is 0 Å². The van der Waals surface area contributed by atoms with Crippen LogP contribution in [0, 0.1) is 11.3 Å². The number of rotatable bonds is 12. The van der Waals surface area contributed by atoms with Gasteiger partial charge in [-0.2, -0.15) is 0 Å². The Bertz CT molecular complexity index is 1680. The fourth-order valence-electron chi connectivity index (χ4n) is 4.93. The van der Waals surface area contributed by atoms with E-state index in [0.29, 0.717) is 24.2 Å². The number of halogens is 1. The van der Waals surface area contributed by atoms with Crippen LogP contribution in [0.2, 0.25) is 5.15 Å². The van der Waals surface area contributed by atoms with Crippen LogP contribution in [-0.2, 0) is 29.1 Å². The lowest BCUT2D eigenvalue weighted by molar-refractivity contribution is -0.134. The molecule has 260 valence electrons. The topological polar surface area (TPSA) is 182 Å². The molecule has 0 saturated heterocycles. The summed E-state index contributed by atoms with van der Waals surface area (Å²) in [6.45, 7) is 14.0. The summed E-state index contributed by atoms with van der Waals surface area (Å²) in [6, 6.07) is 8.52. The molecule has 0 unspecified atom stereocenters. The Morgan fingerprint density at radius 3 is 2.17 bits per heavy atom. The van der Waals surface area contributed by atoms with E-state index < -0.39 is 73.6 Å². The zero-order valence-electron chi connectivity index (χ0n) is 27.8. The van der Waals surface area contributed by atoms with Crippen molar-refractivity contribution in [2.24, 2.45) is 11.3 Å². The van der Waals surface area contributed by atoms with Gasteiger partial charge in [-0.25, -0.2) is 18.2 Å². The molecule has 4 atom stereocenters. The van der Waals surface area contributed by atoms with Gasteiger partial charge in [0.1, 0.15) is 34.1 Å². The minimum Gasteiger partial charge on any atom is -0.444 e. The van der Waals surface area contributed by atoms with Gasteiger partial charge in [-0.05, 0) is 69.2 Å². The molecule has 1 aromatic heterocycles. The fraction of sp³-hybridized carbons (Fsp3) is 0.485. The predicted octanol–water partition coefficient (Wildman–Crippen LogP) is 4.29. The number of pyridine rings is 1. The van der Waals surface area contributed by atoms with Crippen molar-refractivity contribution in [3.63, 3.8) is 0 Å². The lowest BCUT2D eigenvalue weighted by Gasteiger charge is -2.33. The van der Waals surface area contributed by atoms with Crippen molar-refractivity contribution in [2.45, 2.75) is 89.3 Å². The second-order valence-corrected chi connectivity index (χ2v) is 16.4. The Labute approximate surface area is 285 Å². The number of nitrogens with one attached hydrogen (secondary N) is 4. The normalized spacial score (nSPS) is 20.4. The monoisotopic (exact) mass is 703 g/mol. The van der Waals surface area contributed by atoms with E-state index in [2.05, 4.69) is 32.2 Å². The molecule has 0 radical (unpaired) electrons. The molecule has 2 aliphatic rings. The molecule has 4 amide bonds. The summed E-state index contributed by atoms with van der Waals surface area (Å²) in [6.07, 6.45) is 1.64. The van der Waals surface area contributed by atoms with E-state index in [0.717, 1.165) is 0 Å². The highest BCUT2D eigenvalue weighted by Gasteiger charge is 2.61. The van der Waals surface area contributed by atoms with E-state index in [1.807, 2.05) is 0 Å². The van der Waals surface area contributed by atoms with Crippen LogP contribution in [0.3, 0.4) is 0 Å². The molecular formula is C33H42ClN5O8S. The summed E-state index contributed by atoms with van der Waals surface area (Å²) >= 11 is 5.96. The number of carbonyl (C=O) groups excluding carboxylic acids is 4. The van der Waals surface area contributed by atoms with Crippen LogP contribution in [-0.4, -0.2) is 59.6 Å². The fourth-order valence-corrected chi connectivity index (χ4v) is 6.45. The number of ether oxygens (including phenoxy) is 2. The Kier molecular flexibility index (Phi) is 10.5. The third-order valence-corrected chi connectivity index (χ3v) is 9.74. The highest BCUT2D eigenvalue weighted by molar-refractivity contribution is 7.91. The highest BCUT2D eigenvalue weighted by Crippen LogP contribution is 2.45. The summed E-state index contributed by atoms with van der Waals surface area (Å²) in [5, 5.41) is 7.59. The third kappa shape index (κ3) is 9.25. The van der Waals surface area contributed by atoms with Gasteiger partial charge in [-0.15, -0.1) is 6.58 Å². The number of aromatic nitrogens is 1. The number of hydrogen-bond acceptors (Lipinski definition) is 9. The Hall–Kier alpha value is -4.17. The third-order valence-electron chi connectivity index (χ3n) is 7.71. The Balaban J connectivity index is 1.63. The molecule has 15 heteroatoms. The van der Waals surface area contributed by atoms with E-state index in [4.69, 9.17) is 21.1 Å².